The van der Waals surface area contributed by atoms with Gasteiger partial charge in [-0.05, 0) is 61.2 Å². The fourth-order valence-electron chi connectivity index (χ4n) is 3.29. The normalized spacial score (nSPS) is 12.9. The summed E-state index contributed by atoms with van der Waals surface area (Å²) in [6, 6.07) is 5.08. The van der Waals surface area contributed by atoms with Crippen molar-refractivity contribution in [1.29, 1.82) is 0 Å². The van der Waals surface area contributed by atoms with Crippen LogP contribution in [-0.4, -0.2) is 29.3 Å². The van der Waals surface area contributed by atoms with Crippen LogP contribution in [0.5, 0.6) is 5.75 Å². The van der Waals surface area contributed by atoms with Crippen LogP contribution >= 0.6 is 15.9 Å². The minimum Gasteiger partial charge on any atom is -0.490 e. The van der Waals surface area contributed by atoms with Gasteiger partial charge in [-0.1, -0.05) is 13.8 Å². The van der Waals surface area contributed by atoms with Gasteiger partial charge >= 0.3 is 11.7 Å². The van der Waals surface area contributed by atoms with E-state index in [1.165, 1.54) is 6.20 Å². The summed E-state index contributed by atoms with van der Waals surface area (Å²) in [5.41, 5.74) is -0.611. The van der Waals surface area contributed by atoms with E-state index in [4.69, 9.17) is 13.9 Å². The van der Waals surface area contributed by atoms with Crippen molar-refractivity contribution >= 4 is 43.8 Å². The molecule has 0 aliphatic rings. The lowest BCUT2D eigenvalue weighted by molar-refractivity contribution is 0.0480. The van der Waals surface area contributed by atoms with E-state index in [1.54, 1.807) is 18.3 Å². The van der Waals surface area contributed by atoms with E-state index in [0.717, 1.165) is 17.2 Å². The number of amides is 1. The molecule has 0 aliphatic carbocycles. The van der Waals surface area contributed by atoms with Gasteiger partial charge in [0.1, 0.15) is 23.5 Å². The number of carbonyl (C=O) groups excluding carboxylic acids is 1. The molecule has 0 aliphatic heterocycles. The second kappa shape index (κ2) is 9.26. The Labute approximate surface area is 189 Å². The number of nitrogens with zero attached hydrogens (tertiary/aromatic N) is 1. The van der Waals surface area contributed by atoms with E-state index < -0.39 is 17.3 Å². The Kier molecular flexibility index (Phi) is 6.89. The van der Waals surface area contributed by atoms with Gasteiger partial charge in [0.05, 0.1) is 15.9 Å². The van der Waals surface area contributed by atoms with Gasteiger partial charge in [0.2, 0.25) is 0 Å². The molecular formula is C23H27BrN2O5. The van der Waals surface area contributed by atoms with Gasteiger partial charge < -0.3 is 19.2 Å². The number of alkyl carbamates (subject to hydrolysis) is 1. The fourth-order valence-corrected chi connectivity index (χ4v) is 3.75. The van der Waals surface area contributed by atoms with Gasteiger partial charge in [-0.3, -0.25) is 4.98 Å². The molecule has 7 nitrogen and oxygen atoms in total. The van der Waals surface area contributed by atoms with Crippen LogP contribution in [0.1, 0.15) is 41.0 Å². The number of aromatic nitrogens is 1. The largest absolute Gasteiger partial charge is 0.490 e. The maximum absolute atomic E-state index is 12.3. The molecule has 1 atom stereocenters. The number of benzene rings is 1. The Balaban J connectivity index is 1.83. The van der Waals surface area contributed by atoms with Gasteiger partial charge in [-0.25, -0.2) is 9.59 Å². The SMILES string of the molecule is CC(C)CC(COc1cc2oc(=O)c3cnccc3c2cc1Br)NC(=O)OC(C)(C)C. The molecule has 0 saturated heterocycles. The van der Waals surface area contributed by atoms with Crippen LogP contribution in [0, 0.1) is 5.92 Å². The lowest BCUT2D eigenvalue weighted by atomic mass is 10.0. The molecule has 3 aromatic rings. The molecule has 166 valence electrons. The summed E-state index contributed by atoms with van der Waals surface area (Å²) >= 11 is 3.54. The van der Waals surface area contributed by atoms with Crippen LogP contribution in [0.4, 0.5) is 4.79 Å². The van der Waals surface area contributed by atoms with Crippen LogP contribution in [0.3, 0.4) is 0 Å². The topological polar surface area (TPSA) is 90.7 Å². The smallest absolute Gasteiger partial charge is 0.407 e. The van der Waals surface area contributed by atoms with Crippen molar-refractivity contribution in [3.8, 4) is 5.75 Å². The van der Waals surface area contributed by atoms with Crippen molar-refractivity contribution in [3.63, 3.8) is 0 Å². The summed E-state index contributed by atoms with van der Waals surface area (Å²) < 4.78 is 17.6. The first-order valence-electron chi connectivity index (χ1n) is 10.2. The summed E-state index contributed by atoms with van der Waals surface area (Å²) in [6.07, 6.45) is 3.37. The third kappa shape index (κ3) is 5.97. The Hall–Kier alpha value is -2.61. The molecule has 1 amide bonds. The van der Waals surface area contributed by atoms with Crippen molar-refractivity contribution in [2.24, 2.45) is 5.92 Å². The Morgan fingerprint density at radius 1 is 1.23 bits per heavy atom. The van der Waals surface area contributed by atoms with Gasteiger partial charge in [-0.15, -0.1) is 0 Å². The molecule has 1 unspecified atom stereocenters. The number of ether oxygens (including phenoxy) is 2. The van der Waals surface area contributed by atoms with E-state index in [0.29, 0.717) is 27.1 Å². The molecule has 3 rings (SSSR count). The highest BCUT2D eigenvalue weighted by Crippen LogP contribution is 2.33. The fraction of sp³-hybridized carbons (Fsp3) is 0.435. The highest BCUT2D eigenvalue weighted by molar-refractivity contribution is 9.10. The molecule has 0 radical (unpaired) electrons. The van der Waals surface area contributed by atoms with Crippen LogP contribution in [0.15, 0.2) is 44.3 Å². The monoisotopic (exact) mass is 490 g/mol. The highest BCUT2D eigenvalue weighted by atomic mass is 79.9. The van der Waals surface area contributed by atoms with E-state index in [-0.39, 0.29) is 12.6 Å². The Morgan fingerprint density at radius 2 is 1.97 bits per heavy atom. The van der Waals surface area contributed by atoms with Crippen LogP contribution in [0.2, 0.25) is 0 Å². The summed E-state index contributed by atoms with van der Waals surface area (Å²) in [4.78, 5) is 28.5. The molecule has 0 spiro atoms. The minimum absolute atomic E-state index is 0.239. The van der Waals surface area contributed by atoms with Crippen LogP contribution in [0.25, 0.3) is 21.7 Å². The first-order chi connectivity index (χ1) is 14.5. The predicted octanol–water partition coefficient (Wildman–Crippen LogP) is 5.42. The van der Waals surface area contributed by atoms with Gasteiger partial charge in [0.15, 0.2) is 0 Å². The molecule has 0 fully saturated rings. The second-order valence-electron chi connectivity index (χ2n) is 8.87. The molecular weight excluding hydrogens is 464 g/mol. The van der Waals surface area contributed by atoms with Gasteiger partial charge in [-0.2, -0.15) is 0 Å². The zero-order chi connectivity index (χ0) is 22.8. The number of fused-ring (bicyclic) bond motifs is 3. The molecule has 2 aromatic heterocycles. The van der Waals surface area contributed by atoms with Crippen molar-refractivity contribution in [3.05, 3.63) is 45.5 Å². The molecule has 0 bridgehead atoms. The maximum Gasteiger partial charge on any atom is 0.407 e. The lowest BCUT2D eigenvalue weighted by Gasteiger charge is -2.25. The molecule has 31 heavy (non-hydrogen) atoms. The number of hydrogen-bond acceptors (Lipinski definition) is 6. The third-order valence-corrected chi connectivity index (χ3v) is 5.10. The summed E-state index contributed by atoms with van der Waals surface area (Å²) in [6.45, 7) is 9.85. The molecule has 1 N–H and O–H groups in total. The van der Waals surface area contributed by atoms with Crippen LogP contribution < -0.4 is 15.7 Å². The molecule has 2 heterocycles. The number of pyridine rings is 1. The zero-order valence-corrected chi connectivity index (χ0v) is 19.9. The molecule has 0 saturated carbocycles. The van der Waals surface area contributed by atoms with Crippen molar-refractivity contribution in [2.45, 2.75) is 52.7 Å². The van der Waals surface area contributed by atoms with E-state index in [2.05, 4.69) is 40.1 Å². The van der Waals surface area contributed by atoms with Gasteiger partial charge in [0, 0.05) is 29.2 Å². The average molecular weight is 491 g/mol. The zero-order valence-electron chi connectivity index (χ0n) is 18.3. The summed E-state index contributed by atoms with van der Waals surface area (Å²) in [7, 11) is 0. The van der Waals surface area contributed by atoms with Crippen molar-refractivity contribution < 1.29 is 18.7 Å². The quantitative estimate of drug-likeness (QED) is 0.366. The Morgan fingerprint density at radius 3 is 2.65 bits per heavy atom. The third-order valence-electron chi connectivity index (χ3n) is 4.48. The van der Waals surface area contributed by atoms with Gasteiger partial charge in [0.25, 0.3) is 0 Å². The number of carbonyl (C=O) groups is 1. The first-order valence-corrected chi connectivity index (χ1v) is 10.9. The van der Waals surface area contributed by atoms with E-state index in [9.17, 15) is 9.59 Å². The highest BCUT2D eigenvalue weighted by Gasteiger charge is 2.21. The summed E-state index contributed by atoms with van der Waals surface area (Å²) in [5, 5.41) is 4.85. The number of halogens is 1. The second-order valence-corrected chi connectivity index (χ2v) is 9.73. The standard InChI is InChI=1S/C23H27BrN2O5/c1-13(2)8-14(26-22(28)31-23(3,4)5)12-29-20-10-19-16(9-18(20)24)15-6-7-25-11-17(15)21(27)30-19/h6-7,9-11,13-14H,8,12H2,1-5H3,(H,26,28). The molecule has 1 aromatic carbocycles. The molecule has 8 heteroatoms. The van der Waals surface area contributed by atoms with Crippen LogP contribution in [-0.2, 0) is 4.74 Å². The average Bonchev–Trinajstić information content (AvgIpc) is 2.65. The maximum atomic E-state index is 12.3. The van der Waals surface area contributed by atoms with E-state index in [1.807, 2.05) is 26.8 Å². The summed E-state index contributed by atoms with van der Waals surface area (Å²) in [5.74, 6) is 0.866. The predicted molar refractivity (Wildman–Crippen MR) is 124 cm³/mol. The number of rotatable bonds is 6. The van der Waals surface area contributed by atoms with E-state index >= 15 is 0 Å². The van der Waals surface area contributed by atoms with Crippen molar-refractivity contribution in [1.82, 2.24) is 10.3 Å². The Bertz CT molecular complexity index is 1150. The minimum atomic E-state index is -0.579. The first kappa shape index (κ1) is 23.1. The number of nitrogens with one attached hydrogen (secondary N) is 1. The number of hydrogen-bond donors (Lipinski definition) is 1. The van der Waals surface area contributed by atoms with Crippen molar-refractivity contribution in [2.75, 3.05) is 6.61 Å². The lowest BCUT2D eigenvalue weighted by Crippen LogP contribution is -2.42.